The van der Waals surface area contributed by atoms with E-state index in [4.69, 9.17) is 0 Å². The smallest absolute Gasteiger partial charge is 0.254 e. The van der Waals surface area contributed by atoms with Gasteiger partial charge in [0.25, 0.3) is 5.91 Å². The zero-order chi connectivity index (χ0) is 17.6. The van der Waals surface area contributed by atoms with Gasteiger partial charge in [0, 0.05) is 68.1 Å². The molecule has 4 nitrogen and oxygen atoms in total. The maximum atomic E-state index is 12.8. The highest BCUT2D eigenvalue weighted by molar-refractivity contribution is 9.10. The fraction of sp³-hybridized carbons (Fsp3) is 0.211. The molecule has 0 radical (unpaired) electrons. The summed E-state index contributed by atoms with van der Waals surface area (Å²) in [5.74, 6) is 0.0171. The van der Waals surface area contributed by atoms with Gasteiger partial charge < -0.3 is 9.88 Å². The minimum absolute atomic E-state index is 0.0171. The normalized spacial score (nSPS) is 15.2. The number of halogens is 1. The molecule has 1 aromatic heterocycles. The first-order valence-corrected chi connectivity index (χ1v) is 10.4. The number of fused-ring (bicyclic) bond motifs is 3. The molecule has 2 heterocycles. The number of nitrogens with one attached hydrogen (secondary N) is 1. The van der Waals surface area contributed by atoms with Gasteiger partial charge in [0.05, 0.1) is 5.52 Å². The summed E-state index contributed by atoms with van der Waals surface area (Å²) < 4.78 is 12.5. The van der Waals surface area contributed by atoms with E-state index in [2.05, 4.69) is 27.0 Å². The van der Waals surface area contributed by atoms with Crippen molar-refractivity contribution < 1.29 is 9.00 Å². The van der Waals surface area contributed by atoms with Crippen molar-refractivity contribution in [3.8, 4) is 0 Å². The van der Waals surface area contributed by atoms with Crippen LogP contribution < -0.4 is 0 Å². The van der Waals surface area contributed by atoms with Crippen LogP contribution in [0, 0.1) is 0 Å². The molecule has 128 valence electrons. The van der Waals surface area contributed by atoms with E-state index in [1.54, 1.807) is 30.5 Å². The molecule has 1 amide bonds. The number of hydrogen-bond donors (Lipinski definition) is 1. The number of carbonyl (C=O) groups excluding carboxylic acids is 1. The summed E-state index contributed by atoms with van der Waals surface area (Å²) in [6.45, 7) is 1.30. The quantitative estimate of drug-likeness (QED) is 0.689. The summed E-state index contributed by atoms with van der Waals surface area (Å²) >= 11 is 3.59. The third-order valence-corrected chi connectivity index (χ3v) is 6.28. The lowest BCUT2D eigenvalue weighted by Gasteiger charge is -2.27. The van der Waals surface area contributed by atoms with Crippen LogP contribution in [0.25, 0.3) is 10.9 Å². The Morgan fingerprint density at radius 2 is 1.96 bits per heavy atom. The monoisotopic (exact) mass is 416 g/mol. The van der Waals surface area contributed by atoms with Gasteiger partial charge in [-0.2, -0.15) is 0 Å². The zero-order valence-electron chi connectivity index (χ0n) is 13.7. The number of nitrogens with zero attached hydrogens (tertiary/aromatic N) is 1. The molecule has 2 aromatic carbocycles. The molecule has 1 N–H and O–H groups in total. The third-order valence-electron chi connectivity index (χ3n) is 4.68. The number of benzene rings is 2. The number of para-hydroxylation sites is 1. The second-order valence-electron chi connectivity index (χ2n) is 6.20. The molecule has 6 heteroatoms. The van der Waals surface area contributed by atoms with E-state index in [0.717, 1.165) is 21.3 Å². The molecule has 1 atom stereocenters. The maximum absolute atomic E-state index is 12.8. The van der Waals surface area contributed by atoms with Crippen LogP contribution in [0.15, 0.2) is 51.8 Å². The van der Waals surface area contributed by atoms with Gasteiger partial charge in [-0.15, -0.1) is 0 Å². The molecular weight excluding hydrogens is 400 g/mol. The van der Waals surface area contributed by atoms with Crippen LogP contribution in [0.3, 0.4) is 0 Å². The first-order valence-electron chi connectivity index (χ1n) is 8.05. The van der Waals surface area contributed by atoms with E-state index in [0.29, 0.717) is 18.7 Å². The number of H-pyrrole nitrogens is 1. The summed E-state index contributed by atoms with van der Waals surface area (Å²) in [7, 11) is -1.03. The zero-order valence-corrected chi connectivity index (χ0v) is 16.1. The van der Waals surface area contributed by atoms with Gasteiger partial charge >= 0.3 is 0 Å². The highest BCUT2D eigenvalue weighted by Crippen LogP contribution is 2.32. The van der Waals surface area contributed by atoms with E-state index >= 15 is 0 Å². The molecule has 0 spiro atoms. The van der Waals surface area contributed by atoms with Crippen molar-refractivity contribution in [3.05, 3.63) is 63.8 Å². The molecule has 0 fully saturated rings. The van der Waals surface area contributed by atoms with Gasteiger partial charge in [0.2, 0.25) is 0 Å². The summed E-state index contributed by atoms with van der Waals surface area (Å²) in [6, 6.07) is 13.2. The predicted octanol–water partition coefficient (Wildman–Crippen LogP) is 3.87. The topological polar surface area (TPSA) is 53.2 Å². The Kier molecular flexibility index (Phi) is 4.25. The molecule has 0 saturated carbocycles. The molecule has 1 aliphatic rings. The molecule has 0 saturated heterocycles. The summed E-state index contributed by atoms with van der Waals surface area (Å²) in [5, 5.41) is 1.17. The Hall–Kier alpha value is -1.92. The van der Waals surface area contributed by atoms with Gasteiger partial charge in [-0.3, -0.25) is 9.00 Å². The van der Waals surface area contributed by atoms with E-state index in [1.165, 1.54) is 16.6 Å². The Morgan fingerprint density at radius 1 is 1.20 bits per heavy atom. The lowest BCUT2D eigenvalue weighted by molar-refractivity contribution is 0.0735. The number of hydrogen-bond acceptors (Lipinski definition) is 2. The number of aromatic amines is 1. The SMILES string of the molecule is CS(=O)c1ccc(C(=O)N2CCc3[nH]c4c(Br)cccc4c3C2)cc1. The molecule has 1 aliphatic heterocycles. The highest BCUT2D eigenvalue weighted by atomic mass is 79.9. The molecule has 4 rings (SSSR count). The van der Waals surface area contributed by atoms with Gasteiger partial charge in [-0.05, 0) is 46.3 Å². The van der Waals surface area contributed by atoms with Gasteiger partial charge in [0.1, 0.15) is 0 Å². The largest absolute Gasteiger partial charge is 0.357 e. The van der Waals surface area contributed by atoms with E-state index in [9.17, 15) is 9.00 Å². The Bertz CT molecular complexity index is 995. The van der Waals surface area contributed by atoms with Crippen molar-refractivity contribution in [1.82, 2.24) is 9.88 Å². The maximum Gasteiger partial charge on any atom is 0.254 e. The van der Waals surface area contributed by atoms with Crippen molar-refractivity contribution in [3.63, 3.8) is 0 Å². The predicted molar refractivity (Wildman–Crippen MR) is 103 cm³/mol. The minimum Gasteiger partial charge on any atom is -0.357 e. The Morgan fingerprint density at radius 3 is 2.68 bits per heavy atom. The van der Waals surface area contributed by atoms with Crippen molar-refractivity contribution in [2.75, 3.05) is 12.8 Å². The second kappa shape index (κ2) is 6.42. The highest BCUT2D eigenvalue weighted by Gasteiger charge is 2.25. The molecule has 0 aliphatic carbocycles. The molecule has 1 unspecified atom stereocenters. The number of rotatable bonds is 2. The van der Waals surface area contributed by atoms with E-state index < -0.39 is 10.8 Å². The van der Waals surface area contributed by atoms with Crippen LogP contribution >= 0.6 is 15.9 Å². The van der Waals surface area contributed by atoms with Crippen molar-refractivity contribution in [2.24, 2.45) is 0 Å². The molecule has 25 heavy (non-hydrogen) atoms. The van der Waals surface area contributed by atoms with Gasteiger partial charge in [-0.25, -0.2) is 0 Å². The Balaban J connectivity index is 1.63. The molecule has 3 aromatic rings. The fourth-order valence-corrected chi connectivity index (χ4v) is 4.33. The average Bonchev–Trinajstić information content (AvgIpc) is 3.00. The average molecular weight is 417 g/mol. The van der Waals surface area contributed by atoms with Crippen LogP contribution in [-0.4, -0.2) is 32.8 Å². The van der Waals surface area contributed by atoms with Gasteiger partial charge in [0.15, 0.2) is 0 Å². The summed E-state index contributed by atoms with van der Waals surface area (Å²) in [5.41, 5.74) is 4.14. The summed E-state index contributed by atoms with van der Waals surface area (Å²) in [4.78, 5) is 18.9. The van der Waals surface area contributed by atoms with Crippen LogP contribution in [-0.2, 0) is 23.8 Å². The minimum atomic E-state index is -1.03. The summed E-state index contributed by atoms with van der Waals surface area (Å²) in [6.07, 6.45) is 2.46. The first kappa shape index (κ1) is 16.5. The van der Waals surface area contributed by atoms with E-state index in [-0.39, 0.29) is 5.91 Å². The van der Waals surface area contributed by atoms with Crippen molar-refractivity contribution in [1.29, 1.82) is 0 Å². The second-order valence-corrected chi connectivity index (χ2v) is 8.43. The molecular formula is C19H17BrN2O2S. The van der Waals surface area contributed by atoms with Crippen molar-refractivity contribution >= 4 is 43.5 Å². The molecule has 0 bridgehead atoms. The number of carbonyl (C=O) groups is 1. The van der Waals surface area contributed by atoms with Crippen LogP contribution in [0.4, 0.5) is 0 Å². The van der Waals surface area contributed by atoms with E-state index in [1.807, 2.05) is 17.0 Å². The van der Waals surface area contributed by atoms with Crippen LogP contribution in [0.1, 0.15) is 21.6 Å². The third kappa shape index (κ3) is 2.93. The lowest BCUT2D eigenvalue weighted by Crippen LogP contribution is -2.35. The standard InChI is InChI=1S/C19H17BrN2O2S/c1-25(24)13-7-5-12(6-8-13)19(23)22-10-9-17-15(11-22)14-3-2-4-16(20)18(14)21-17/h2-8,21H,9-11H2,1H3. The van der Waals surface area contributed by atoms with Crippen LogP contribution in [0.2, 0.25) is 0 Å². The first-order chi connectivity index (χ1) is 12.0. The fourth-order valence-electron chi connectivity index (χ4n) is 3.35. The Labute approximate surface area is 156 Å². The lowest BCUT2D eigenvalue weighted by atomic mass is 10.0. The number of amides is 1. The van der Waals surface area contributed by atoms with Gasteiger partial charge in [-0.1, -0.05) is 12.1 Å². The van der Waals surface area contributed by atoms with Crippen molar-refractivity contribution in [2.45, 2.75) is 17.9 Å². The van der Waals surface area contributed by atoms with Crippen LogP contribution in [0.5, 0.6) is 0 Å². The number of aromatic nitrogens is 1.